The molecule has 3 aliphatic rings. The van der Waals surface area contributed by atoms with Crippen LogP contribution in [0.2, 0.25) is 0 Å². The van der Waals surface area contributed by atoms with Gasteiger partial charge in [-0.2, -0.15) is 0 Å². The average Bonchev–Trinajstić information content (AvgIpc) is 2.55. The molecule has 0 bridgehead atoms. The molecule has 2 unspecified atom stereocenters. The standard InChI is InChI=1S/C18H33N3O/c1-18(19)10-4-3-7-16(18)17(22)21-13-8-15(9-14-21)20-11-5-2-6-12-20/h15-16H,2-14,19H2,1H3. The van der Waals surface area contributed by atoms with Crippen molar-refractivity contribution in [2.75, 3.05) is 26.2 Å². The van der Waals surface area contributed by atoms with Crippen molar-refractivity contribution in [3.05, 3.63) is 0 Å². The maximum atomic E-state index is 12.9. The monoisotopic (exact) mass is 307 g/mol. The molecule has 2 N–H and O–H groups in total. The quantitative estimate of drug-likeness (QED) is 0.852. The van der Waals surface area contributed by atoms with Gasteiger partial charge in [-0.25, -0.2) is 0 Å². The second-order valence-electron chi connectivity index (χ2n) is 7.96. The fourth-order valence-electron chi connectivity index (χ4n) is 4.72. The number of hydrogen-bond donors (Lipinski definition) is 1. The molecule has 0 aromatic heterocycles. The highest BCUT2D eigenvalue weighted by atomic mass is 16.2. The van der Waals surface area contributed by atoms with Crippen molar-refractivity contribution in [1.82, 2.24) is 9.80 Å². The zero-order chi connectivity index (χ0) is 15.6. The third kappa shape index (κ3) is 3.48. The number of carbonyl (C=O) groups is 1. The third-order valence-electron chi connectivity index (χ3n) is 6.24. The van der Waals surface area contributed by atoms with Gasteiger partial charge in [0.25, 0.3) is 0 Å². The van der Waals surface area contributed by atoms with E-state index in [2.05, 4.69) is 16.7 Å². The van der Waals surface area contributed by atoms with Gasteiger partial charge in [-0.3, -0.25) is 4.79 Å². The predicted molar refractivity (Wildman–Crippen MR) is 89.6 cm³/mol. The Morgan fingerprint density at radius 1 is 0.955 bits per heavy atom. The molecule has 2 aliphatic heterocycles. The SMILES string of the molecule is CC1(N)CCCCC1C(=O)N1CCC(N2CCCCC2)CC1. The van der Waals surface area contributed by atoms with Crippen molar-refractivity contribution in [2.24, 2.45) is 11.7 Å². The molecule has 22 heavy (non-hydrogen) atoms. The summed E-state index contributed by atoms with van der Waals surface area (Å²) in [5.74, 6) is 0.384. The van der Waals surface area contributed by atoms with Crippen molar-refractivity contribution in [3.8, 4) is 0 Å². The van der Waals surface area contributed by atoms with Crippen LogP contribution in [0.1, 0.15) is 64.7 Å². The lowest BCUT2D eigenvalue weighted by Crippen LogP contribution is -2.56. The van der Waals surface area contributed by atoms with Crippen molar-refractivity contribution < 1.29 is 4.79 Å². The van der Waals surface area contributed by atoms with E-state index in [1.807, 2.05) is 0 Å². The molecule has 2 heterocycles. The van der Waals surface area contributed by atoms with Crippen LogP contribution in [0.25, 0.3) is 0 Å². The van der Waals surface area contributed by atoms with Gasteiger partial charge in [-0.15, -0.1) is 0 Å². The summed E-state index contributed by atoms with van der Waals surface area (Å²) in [5.41, 5.74) is 6.13. The minimum atomic E-state index is -0.293. The molecule has 1 amide bonds. The van der Waals surface area contributed by atoms with Gasteiger partial charge in [0.05, 0.1) is 5.92 Å². The van der Waals surface area contributed by atoms with Gasteiger partial charge in [0.15, 0.2) is 0 Å². The molecule has 0 spiro atoms. The minimum absolute atomic E-state index is 0.0489. The van der Waals surface area contributed by atoms with Crippen molar-refractivity contribution in [3.63, 3.8) is 0 Å². The Labute approximate surface area is 135 Å². The van der Waals surface area contributed by atoms with Crippen LogP contribution in [-0.4, -0.2) is 53.5 Å². The Bertz CT molecular complexity index is 382. The average molecular weight is 307 g/mol. The number of amides is 1. The molecule has 4 nitrogen and oxygen atoms in total. The number of likely N-dealkylation sites (tertiary alicyclic amines) is 2. The van der Waals surface area contributed by atoms with Crippen molar-refractivity contribution in [1.29, 1.82) is 0 Å². The number of nitrogens with two attached hydrogens (primary N) is 1. The third-order valence-corrected chi connectivity index (χ3v) is 6.24. The predicted octanol–water partition coefficient (Wildman–Crippen LogP) is 2.37. The summed E-state index contributed by atoms with van der Waals surface area (Å²) in [5, 5.41) is 0. The Balaban J connectivity index is 1.53. The summed E-state index contributed by atoms with van der Waals surface area (Å²) in [6.45, 7) is 6.48. The van der Waals surface area contributed by atoms with Crippen molar-refractivity contribution in [2.45, 2.75) is 76.3 Å². The largest absolute Gasteiger partial charge is 0.342 e. The van der Waals surface area contributed by atoms with E-state index in [9.17, 15) is 4.79 Å². The number of piperidine rings is 2. The Kier molecular flexibility index (Phi) is 5.08. The highest BCUT2D eigenvalue weighted by Crippen LogP contribution is 2.33. The number of rotatable bonds is 2. The fourth-order valence-corrected chi connectivity index (χ4v) is 4.72. The highest BCUT2D eigenvalue weighted by molar-refractivity contribution is 5.80. The molecule has 4 heteroatoms. The summed E-state index contributed by atoms with van der Waals surface area (Å²) in [4.78, 5) is 17.7. The van der Waals surface area contributed by atoms with Crippen LogP contribution in [0.3, 0.4) is 0 Å². The Morgan fingerprint density at radius 3 is 2.27 bits per heavy atom. The molecule has 1 saturated carbocycles. The minimum Gasteiger partial charge on any atom is -0.342 e. The van der Waals surface area contributed by atoms with Crippen LogP contribution in [0.4, 0.5) is 0 Å². The Hall–Kier alpha value is -0.610. The highest BCUT2D eigenvalue weighted by Gasteiger charge is 2.40. The van der Waals surface area contributed by atoms with Crippen LogP contribution in [0.5, 0.6) is 0 Å². The van der Waals surface area contributed by atoms with Gasteiger partial charge in [0.1, 0.15) is 0 Å². The summed E-state index contributed by atoms with van der Waals surface area (Å²) in [6, 6.07) is 0.708. The topological polar surface area (TPSA) is 49.6 Å². The molecule has 1 aliphatic carbocycles. The first-order valence-corrected chi connectivity index (χ1v) is 9.40. The van der Waals surface area contributed by atoms with Crippen LogP contribution < -0.4 is 5.73 Å². The van der Waals surface area contributed by atoms with Gasteiger partial charge in [-0.1, -0.05) is 19.3 Å². The second kappa shape index (κ2) is 6.88. The molecule has 3 fully saturated rings. The second-order valence-corrected chi connectivity index (χ2v) is 7.96. The molecular weight excluding hydrogens is 274 g/mol. The lowest BCUT2D eigenvalue weighted by Gasteiger charge is -2.44. The Morgan fingerprint density at radius 2 is 1.64 bits per heavy atom. The van der Waals surface area contributed by atoms with Gasteiger partial charge >= 0.3 is 0 Å². The molecule has 0 aromatic rings. The van der Waals surface area contributed by atoms with Gasteiger partial charge < -0.3 is 15.5 Å². The summed E-state index contributed by atoms with van der Waals surface area (Å²) in [7, 11) is 0. The fraction of sp³-hybridized carbons (Fsp3) is 0.944. The first-order chi connectivity index (χ1) is 10.6. The molecule has 2 saturated heterocycles. The van der Waals surface area contributed by atoms with Crippen LogP contribution in [-0.2, 0) is 4.79 Å². The number of hydrogen-bond acceptors (Lipinski definition) is 3. The molecule has 126 valence electrons. The normalized spacial score (nSPS) is 35.5. The van der Waals surface area contributed by atoms with E-state index in [1.54, 1.807) is 0 Å². The maximum Gasteiger partial charge on any atom is 0.227 e. The first-order valence-electron chi connectivity index (χ1n) is 9.40. The molecular formula is C18H33N3O. The van der Waals surface area contributed by atoms with Crippen LogP contribution >= 0.6 is 0 Å². The lowest BCUT2D eigenvalue weighted by atomic mass is 9.74. The van der Waals surface area contributed by atoms with E-state index in [0.717, 1.165) is 45.2 Å². The van der Waals surface area contributed by atoms with E-state index >= 15 is 0 Å². The molecule has 2 atom stereocenters. The van der Waals surface area contributed by atoms with Gasteiger partial charge in [0, 0.05) is 24.7 Å². The summed E-state index contributed by atoms with van der Waals surface area (Å²) in [6.07, 6.45) is 10.7. The van der Waals surface area contributed by atoms with Crippen LogP contribution in [0, 0.1) is 5.92 Å². The van der Waals surface area contributed by atoms with E-state index in [0.29, 0.717) is 11.9 Å². The smallest absolute Gasteiger partial charge is 0.227 e. The lowest BCUT2D eigenvalue weighted by molar-refractivity contribution is -0.140. The summed E-state index contributed by atoms with van der Waals surface area (Å²) >= 11 is 0. The molecule has 3 rings (SSSR count). The zero-order valence-electron chi connectivity index (χ0n) is 14.2. The summed E-state index contributed by atoms with van der Waals surface area (Å²) < 4.78 is 0. The van der Waals surface area contributed by atoms with Crippen LogP contribution in [0.15, 0.2) is 0 Å². The maximum absolute atomic E-state index is 12.9. The van der Waals surface area contributed by atoms with E-state index < -0.39 is 0 Å². The first kappa shape index (κ1) is 16.3. The number of carbonyl (C=O) groups excluding carboxylic acids is 1. The van der Waals surface area contributed by atoms with Gasteiger partial charge in [-0.05, 0) is 58.5 Å². The van der Waals surface area contributed by atoms with Gasteiger partial charge in [0.2, 0.25) is 5.91 Å². The van der Waals surface area contributed by atoms with Crippen molar-refractivity contribution >= 4 is 5.91 Å². The van der Waals surface area contributed by atoms with E-state index in [4.69, 9.17) is 5.73 Å². The molecule has 0 aromatic carbocycles. The van der Waals surface area contributed by atoms with E-state index in [-0.39, 0.29) is 11.5 Å². The number of nitrogens with zero attached hydrogens (tertiary/aromatic N) is 2. The molecule has 0 radical (unpaired) electrons. The zero-order valence-corrected chi connectivity index (χ0v) is 14.2. The van der Waals surface area contributed by atoms with E-state index in [1.165, 1.54) is 38.8 Å².